The summed E-state index contributed by atoms with van der Waals surface area (Å²) in [5.74, 6) is -1.19. The normalized spacial score (nSPS) is 11.3. The first-order valence-electron chi connectivity index (χ1n) is 5.81. The molecule has 6 nitrogen and oxygen atoms in total. The lowest BCUT2D eigenvalue weighted by Gasteiger charge is -2.08. The fourth-order valence-electron chi connectivity index (χ4n) is 1.61. The number of rotatable bonds is 5. The van der Waals surface area contributed by atoms with Crippen LogP contribution in [0.25, 0.3) is 0 Å². The van der Waals surface area contributed by atoms with Crippen molar-refractivity contribution in [1.29, 1.82) is 0 Å². The third kappa shape index (κ3) is 4.10. The zero-order valence-electron chi connectivity index (χ0n) is 10.7. The molecule has 21 heavy (non-hydrogen) atoms. The molecule has 0 aliphatic carbocycles. The smallest absolute Gasteiger partial charge is 0.335 e. The Morgan fingerprint density at radius 1 is 1.33 bits per heavy atom. The lowest BCUT2D eigenvalue weighted by Crippen LogP contribution is -2.23. The molecule has 0 unspecified atom stereocenters. The number of carboxylic acids is 1. The van der Waals surface area contributed by atoms with Crippen LogP contribution in [-0.2, 0) is 16.6 Å². The van der Waals surface area contributed by atoms with Gasteiger partial charge in [-0.25, -0.2) is 17.9 Å². The predicted molar refractivity (Wildman–Crippen MR) is 79.4 cm³/mol. The molecule has 1 heterocycles. The van der Waals surface area contributed by atoms with Crippen LogP contribution in [0.5, 0.6) is 0 Å². The van der Waals surface area contributed by atoms with E-state index in [1.807, 2.05) is 0 Å². The molecule has 8 heteroatoms. The summed E-state index contributed by atoms with van der Waals surface area (Å²) >= 11 is 3.10. The number of sulfonamides is 1. The van der Waals surface area contributed by atoms with Crippen molar-refractivity contribution >= 4 is 31.9 Å². The standard InChI is InChI=1S/C13H11BrN2O4S/c14-11-4-10(13(17)18)5-12(6-11)21(19,20)16-8-9-2-1-3-15-7-9/h1-7,16H,8H2,(H,17,18). The number of hydrogen-bond acceptors (Lipinski definition) is 4. The number of halogens is 1. The zero-order valence-corrected chi connectivity index (χ0v) is 13.1. The lowest BCUT2D eigenvalue weighted by molar-refractivity contribution is 0.0696. The highest BCUT2D eigenvalue weighted by Gasteiger charge is 2.17. The molecule has 0 aliphatic rings. The minimum absolute atomic E-state index is 0.0745. The number of pyridine rings is 1. The van der Waals surface area contributed by atoms with Crippen molar-refractivity contribution in [2.75, 3.05) is 0 Å². The van der Waals surface area contributed by atoms with Gasteiger partial charge in [-0.05, 0) is 29.8 Å². The van der Waals surface area contributed by atoms with Gasteiger partial charge in [0, 0.05) is 23.4 Å². The summed E-state index contributed by atoms with van der Waals surface area (Å²) in [5.41, 5.74) is 0.598. The van der Waals surface area contributed by atoms with E-state index in [1.54, 1.807) is 24.5 Å². The first-order valence-corrected chi connectivity index (χ1v) is 8.08. The van der Waals surface area contributed by atoms with Gasteiger partial charge in [-0.15, -0.1) is 0 Å². The van der Waals surface area contributed by atoms with E-state index < -0.39 is 16.0 Å². The molecule has 0 bridgehead atoms. The number of carbonyl (C=O) groups is 1. The summed E-state index contributed by atoms with van der Waals surface area (Å²) < 4.78 is 27.2. The molecular formula is C13H11BrN2O4S. The highest BCUT2D eigenvalue weighted by molar-refractivity contribution is 9.10. The summed E-state index contributed by atoms with van der Waals surface area (Å²) in [4.78, 5) is 14.7. The molecule has 1 aromatic heterocycles. The summed E-state index contributed by atoms with van der Waals surface area (Å²) in [5, 5.41) is 8.96. The molecule has 2 rings (SSSR count). The zero-order chi connectivity index (χ0) is 15.5. The van der Waals surface area contributed by atoms with E-state index in [2.05, 4.69) is 25.6 Å². The summed E-state index contributed by atoms with van der Waals surface area (Å²) in [6.07, 6.45) is 3.14. The van der Waals surface area contributed by atoms with Crippen molar-refractivity contribution < 1.29 is 18.3 Å². The molecule has 2 N–H and O–H groups in total. The highest BCUT2D eigenvalue weighted by Crippen LogP contribution is 2.20. The number of benzene rings is 1. The average Bonchev–Trinajstić information content (AvgIpc) is 2.45. The van der Waals surface area contributed by atoms with Crippen LogP contribution >= 0.6 is 15.9 Å². The topological polar surface area (TPSA) is 96.4 Å². The molecule has 1 aromatic carbocycles. The number of aromatic nitrogens is 1. The third-order valence-electron chi connectivity index (χ3n) is 2.62. The number of nitrogens with zero attached hydrogens (tertiary/aromatic N) is 1. The van der Waals surface area contributed by atoms with Crippen molar-refractivity contribution in [3.63, 3.8) is 0 Å². The first kappa shape index (κ1) is 15.6. The summed E-state index contributed by atoms with van der Waals surface area (Å²) in [6, 6.07) is 7.23. The van der Waals surface area contributed by atoms with E-state index in [0.29, 0.717) is 10.0 Å². The minimum Gasteiger partial charge on any atom is -0.478 e. The molecule has 2 aromatic rings. The van der Waals surface area contributed by atoms with E-state index in [9.17, 15) is 13.2 Å². The second kappa shape index (κ2) is 6.33. The third-order valence-corrected chi connectivity index (χ3v) is 4.46. The Hall–Kier alpha value is -1.77. The fraction of sp³-hybridized carbons (Fsp3) is 0.0769. The minimum atomic E-state index is -3.81. The van der Waals surface area contributed by atoms with Crippen molar-refractivity contribution in [3.05, 3.63) is 58.3 Å². The van der Waals surface area contributed by atoms with Gasteiger partial charge in [-0.2, -0.15) is 0 Å². The van der Waals surface area contributed by atoms with E-state index >= 15 is 0 Å². The maximum atomic E-state index is 12.2. The second-order valence-corrected chi connectivity index (χ2v) is 6.85. The number of hydrogen-bond donors (Lipinski definition) is 2. The van der Waals surface area contributed by atoms with Gasteiger partial charge in [0.1, 0.15) is 0 Å². The van der Waals surface area contributed by atoms with Gasteiger partial charge >= 0.3 is 5.97 Å². The van der Waals surface area contributed by atoms with Gasteiger partial charge in [0.25, 0.3) is 0 Å². The Morgan fingerprint density at radius 2 is 2.10 bits per heavy atom. The van der Waals surface area contributed by atoms with Crippen molar-refractivity contribution in [2.24, 2.45) is 0 Å². The maximum Gasteiger partial charge on any atom is 0.335 e. The van der Waals surface area contributed by atoms with Crippen LogP contribution in [0.2, 0.25) is 0 Å². The van der Waals surface area contributed by atoms with Crippen molar-refractivity contribution in [2.45, 2.75) is 11.4 Å². The molecule has 0 saturated carbocycles. The van der Waals surface area contributed by atoms with Gasteiger partial charge in [0.15, 0.2) is 0 Å². The van der Waals surface area contributed by atoms with E-state index in [1.165, 1.54) is 12.1 Å². The van der Waals surface area contributed by atoms with Crippen molar-refractivity contribution in [3.8, 4) is 0 Å². The molecule has 0 fully saturated rings. The second-order valence-electron chi connectivity index (χ2n) is 4.17. The Balaban J connectivity index is 2.25. The summed E-state index contributed by atoms with van der Waals surface area (Å²) in [7, 11) is -3.81. The van der Waals surface area contributed by atoms with Crippen LogP contribution in [0.15, 0.2) is 52.1 Å². The Labute approximate surface area is 130 Å². The molecule has 0 spiro atoms. The average molecular weight is 371 g/mol. The lowest BCUT2D eigenvalue weighted by atomic mass is 10.2. The molecule has 110 valence electrons. The Kier molecular flexibility index (Phi) is 4.71. The Morgan fingerprint density at radius 3 is 2.71 bits per heavy atom. The summed E-state index contributed by atoms with van der Waals surface area (Å²) in [6.45, 7) is 0.0745. The van der Waals surface area contributed by atoms with Crippen LogP contribution in [-0.4, -0.2) is 24.5 Å². The van der Waals surface area contributed by atoms with Crippen LogP contribution in [0.1, 0.15) is 15.9 Å². The molecule has 0 radical (unpaired) electrons. The molecule has 0 atom stereocenters. The van der Waals surface area contributed by atoms with Gasteiger partial charge in [0.2, 0.25) is 10.0 Å². The van der Waals surface area contributed by atoms with Gasteiger partial charge < -0.3 is 5.11 Å². The number of nitrogens with one attached hydrogen (secondary N) is 1. The fourth-order valence-corrected chi connectivity index (χ4v) is 3.34. The largest absolute Gasteiger partial charge is 0.478 e. The highest BCUT2D eigenvalue weighted by atomic mass is 79.9. The monoisotopic (exact) mass is 370 g/mol. The van der Waals surface area contributed by atoms with E-state index in [0.717, 1.165) is 6.07 Å². The predicted octanol–water partition coefficient (Wildman–Crippen LogP) is 2.02. The van der Waals surface area contributed by atoms with Crippen LogP contribution in [0.4, 0.5) is 0 Å². The van der Waals surface area contributed by atoms with Crippen LogP contribution in [0, 0.1) is 0 Å². The van der Waals surface area contributed by atoms with Crippen LogP contribution in [0.3, 0.4) is 0 Å². The van der Waals surface area contributed by atoms with E-state index in [4.69, 9.17) is 5.11 Å². The maximum absolute atomic E-state index is 12.2. The molecule has 0 aliphatic heterocycles. The van der Waals surface area contributed by atoms with Crippen LogP contribution < -0.4 is 4.72 Å². The SMILES string of the molecule is O=C(O)c1cc(Br)cc(S(=O)(=O)NCc2cccnc2)c1. The van der Waals surface area contributed by atoms with Gasteiger partial charge in [0.05, 0.1) is 10.5 Å². The number of aromatic carboxylic acids is 1. The number of carboxylic acid groups (broad SMARTS) is 1. The molecule has 0 saturated heterocycles. The molecule has 0 amide bonds. The van der Waals surface area contributed by atoms with Gasteiger partial charge in [-0.1, -0.05) is 22.0 Å². The van der Waals surface area contributed by atoms with Gasteiger partial charge in [-0.3, -0.25) is 4.98 Å². The van der Waals surface area contributed by atoms with E-state index in [-0.39, 0.29) is 17.0 Å². The first-order chi connectivity index (χ1) is 9.88. The Bertz CT molecular complexity index is 763. The molecular weight excluding hydrogens is 360 g/mol. The quantitative estimate of drug-likeness (QED) is 0.838. The van der Waals surface area contributed by atoms with Crippen molar-refractivity contribution in [1.82, 2.24) is 9.71 Å².